The van der Waals surface area contributed by atoms with Gasteiger partial charge in [0.05, 0.1) is 5.02 Å². The molecule has 138 valence electrons. The Labute approximate surface area is 159 Å². The average Bonchev–Trinajstić information content (AvgIpc) is 2.64. The predicted octanol–water partition coefficient (Wildman–Crippen LogP) is 3.50. The number of hydrogen-bond donors (Lipinski definition) is 2. The number of carbonyl (C=O) groups is 1. The SMILES string of the molecule is Cc1nc(-c2ccncc2)[nH]c(=O)c1CCC(=O)Nc1ccc(Cl)c(F)c1. The first-order valence-corrected chi connectivity index (χ1v) is 8.57. The van der Waals surface area contributed by atoms with E-state index in [1.165, 1.54) is 12.1 Å². The summed E-state index contributed by atoms with van der Waals surface area (Å²) in [5.41, 5.74) is 1.75. The Morgan fingerprint density at radius 2 is 2.00 bits per heavy atom. The van der Waals surface area contributed by atoms with Gasteiger partial charge in [-0.15, -0.1) is 0 Å². The molecular formula is C19H16ClFN4O2. The summed E-state index contributed by atoms with van der Waals surface area (Å²) in [6, 6.07) is 7.51. The van der Waals surface area contributed by atoms with Crippen molar-refractivity contribution in [2.75, 3.05) is 5.32 Å². The summed E-state index contributed by atoms with van der Waals surface area (Å²) in [4.78, 5) is 35.5. The third-order valence-electron chi connectivity index (χ3n) is 3.98. The summed E-state index contributed by atoms with van der Waals surface area (Å²) in [5.74, 6) is -0.504. The third-order valence-corrected chi connectivity index (χ3v) is 4.29. The van der Waals surface area contributed by atoms with E-state index in [4.69, 9.17) is 11.6 Å². The summed E-state index contributed by atoms with van der Waals surface area (Å²) in [5, 5.41) is 2.56. The lowest BCUT2D eigenvalue weighted by atomic mass is 10.1. The number of aromatic nitrogens is 3. The first kappa shape index (κ1) is 18.7. The van der Waals surface area contributed by atoms with Crippen LogP contribution in [0.5, 0.6) is 0 Å². The number of hydrogen-bond acceptors (Lipinski definition) is 4. The van der Waals surface area contributed by atoms with Gasteiger partial charge in [0.2, 0.25) is 5.91 Å². The third kappa shape index (κ3) is 4.57. The summed E-state index contributed by atoms with van der Waals surface area (Å²) < 4.78 is 13.4. The summed E-state index contributed by atoms with van der Waals surface area (Å²) in [7, 11) is 0. The molecule has 0 aliphatic heterocycles. The minimum absolute atomic E-state index is 0.0180. The smallest absolute Gasteiger partial charge is 0.254 e. The highest BCUT2D eigenvalue weighted by molar-refractivity contribution is 6.30. The van der Waals surface area contributed by atoms with E-state index in [1.54, 1.807) is 31.5 Å². The van der Waals surface area contributed by atoms with Crippen molar-refractivity contribution >= 4 is 23.2 Å². The van der Waals surface area contributed by atoms with Crippen molar-refractivity contribution in [2.24, 2.45) is 0 Å². The van der Waals surface area contributed by atoms with Crippen LogP contribution in [0.15, 0.2) is 47.5 Å². The maximum absolute atomic E-state index is 13.4. The minimum atomic E-state index is -0.613. The zero-order chi connectivity index (χ0) is 19.4. The van der Waals surface area contributed by atoms with Crippen LogP contribution in [0.25, 0.3) is 11.4 Å². The number of rotatable bonds is 5. The van der Waals surface area contributed by atoms with Gasteiger partial charge in [0.25, 0.3) is 5.56 Å². The lowest BCUT2D eigenvalue weighted by molar-refractivity contribution is -0.116. The minimum Gasteiger partial charge on any atom is -0.326 e. The van der Waals surface area contributed by atoms with E-state index in [2.05, 4.69) is 20.3 Å². The van der Waals surface area contributed by atoms with Crippen molar-refractivity contribution in [1.29, 1.82) is 0 Å². The Hall–Kier alpha value is -3.06. The number of benzene rings is 1. The van der Waals surface area contributed by atoms with Gasteiger partial charge in [-0.1, -0.05) is 11.6 Å². The van der Waals surface area contributed by atoms with Gasteiger partial charge in [-0.05, 0) is 43.7 Å². The maximum Gasteiger partial charge on any atom is 0.254 e. The molecule has 8 heteroatoms. The van der Waals surface area contributed by atoms with Crippen molar-refractivity contribution in [3.8, 4) is 11.4 Å². The normalized spacial score (nSPS) is 10.6. The molecule has 3 rings (SSSR count). The number of pyridine rings is 1. The predicted molar refractivity (Wildman–Crippen MR) is 101 cm³/mol. The second kappa shape index (κ2) is 8.09. The van der Waals surface area contributed by atoms with Crippen molar-refractivity contribution in [3.05, 3.63) is 75.2 Å². The largest absolute Gasteiger partial charge is 0.326 e. The molecule has 0 unspecified atom stereocenters. The van der Waals surface area contributed by atoms with Gasteiger partial charge in [0, 0.05) is 41.3 Å². The molecule has 0 fully saturated rings. The molecule has 0 bridgehead atoms. The van der Waals surface area contributed by atoms with Gasteiger partial charge in [-0.3, -0.25) is 14.6 Å². The molecule has 0 radical (unpaired) electrons. The molecule has 0 aliphatic carbocycles. The molecule has 0 aliphatic rings. The Balaban J connectivity index is 1.69. The highest BCUT2D eigenvalue weighted by Crippen LogP contribution is 2.19. The quantitative estimate of drug-likeness (QED) is 0.702. The van der Waals surface area contributed by atoms with E-state index in [1.807, 2.05) is 0 Å². The first-order chi connectivity index (χ1) is 12.9. The van der Waals surface area contributed by atoms with Crippen LogP contribution in [0.1, 0.15) is 17.7 Å². The Bertz CT molecular complexity index is 1040. The fourth-order valence-electron chi connectivity index (χ4n) is 2.59. The molecule has 0 atom stereocenters. The molecular weight excluding hydrogens is 371 g/mol. The van der Waals surface area contributed by atoms with E-state index in [0.717, 1.165) is 11.6 Å². The lowest BCUT2D eigenvalue weighted by Gasteiger charge is -2.08. The van der Waals surface area contributed by atoms with Gasteiger partial charge in [-0.2, -0.15) is 0 Å². The number of H-pyrrole nitrogens is 1. The van der Waals surface area contributed by atoms with Crippen molar-refractivity contribution < 1.29 is 9.18 Å². The highest BCUT2D eigenvalue weighted by Gasteiger charge is 2.12. The maximum atomic E-state index is 13.4. The van der Waals surface area contributed by atoms with Crippen LogP contribution in [-0.4, -0.2) is 20.9 Å². The molecule has 27 heavy (non-hydrogen) atoms. The Morgan fingerprint density at radius 1 is 1.26 bits per heavy atom. The van der Waals surface area contributed by atoms with Gasteiger partial charge in [-0.25, -0.2) is 9.37 Å². The number of amides is 1. The number of carbonyl (C=O) groups excluding carboxylic acids is 1. The summed E-state index contributed by atoms with van der Waals surface area (Å²) in [6.45, 7) is 1.72. The number of anilines is 1. The second-order valence-corrected chi connectivity index (χ2v) is 6.30. The van der Waals surface area contributed by atoms with Gasteiger partial charge >= 0.3 is 0 Å². The molecule has 1 aromatic carbocycles. The molecule has 2 heterocycles. The average molecular weight is 387 g/mol. The second-order valence-electron chi connectivity index (χ2n) is 5.89. The van der Waals surface area contributed by atoms with Crippen molar-refractivity contribution in [1.82, 2.24) is 15.0 Å². The zero-order valence-electron chi connectivity index (χ0n) is 14.4. The molecule has 2 N–H and O–H groups in total. The summed E-state index contributed by atoms with van der Waals surface area (Å²) >= 11 is 5.61. The van der Waals surface area contributed by atoms with Crippen LogP contribution in [0, 0.1) is 12.7 Å². The van der Waals surface area contributed by atoms with Crippen LogP contribution in [-0.2, 0) is 11.2 Å². The number of halogens is 2. The molecule has 0 saturated heterocycles. The van der Waals surface area contributed by atoms with Gasteiger partial charge in [0.15, 0.2) is 0 Å². The molecule has 2 aromatic heterocycles. The Kier molecular flexibility index (Phi) is 5.61. The number of nitrogens with one attached hydrogen (secondary N) is 2. The molecule has 0 spiro atoms. The van der Waals surface area contributed by atoms with Gasteiger partial charge in [0.1, 0.15) is 11.6 Å². The highest BCUT2D eigenvalue weighted by atomic mass is 35.5. The Morgan fingerprint density at radius 3 is 2.67 bits per heavy atom. The first-order valence-electron chi connectivity index (χ1n) is 8.19. The van der Waals surface area contributed by atoms with Crippen molar-refractivity contribution in [3.63, 3.8) is 0 Å². The van der Waals surface area contributed by atoms with Crippen molar-refractivity contribution in [2.45, 2.75) is 19.8 Å². The number of nitrogens with zero attached hydrogens (tertiary/aromatic N) is 2. The van der Waals surface area contributed by atoms with E-state index in [9.17, 15) is 14.0 Å². The van der Waals surface area contributed by atoms with Gasteiger partial charge < -0.3 is 10.3 Å². The van der Waals surface area contributed by atoms with E-state index >= 15 is 0 Å². The van der Waals surface area contributed by atoms with E-state index in [-0.39, 0.29) is 29.3 Å². The lowest BCUT2D eigenvalue weighted by Crippen LogP contribution is -2.20. The summed E-state index contributed by atoms with van der Waals surface area (Å²) in [6.07, 6.45) is 3.50. The van der Waals surface area contributed by atoms with Crippen LogP contribution >= 0.6 is 11.6 Å². The van der Waals surface area contributed by atoms with E-state index < -0.39 is 5.82 Å². The fraction of sp³-hybridized carbons (Fsp3) is 0.158. The fourth-order valence-corrected chi connectivity index (χ4v) is 2.70. The van der Waals surface area contributed by atoms with Crippen LogP contribution < -0.4 is 10.9 Å². The monoisotopic (exact) mass is 386 g/mol. The standard InChI is InChI=1S/C19H16ClFN4O2/c1-11-14(19(27)25-18(23-11)12-6-8-22-9-7-12)3-5-17(26)24-13-2-4-15(20)16(21)10-13/h2,4,6-10H,3,5H2,1H3,(H,24,26)(H,23,25,27). The molecule has 0 saturated carbocycles. The molecule has 1 amide bonds. The van der Waals surface area contributed by atoms with Crippen LogP contribution in [0.4, 0.5) is 10.1 Å². The molecule has 6 nitrogen and oxygen atoms in total. The van der Waals surface area contributed by atoms with Crippen LogP contribution in [0.3, 0.4) is 0 Å². The zero-order valence-corrected chi connectivity index (χ0v) is 15.2. The van der Waals surface area contributed by atoms with E-state index in [0.29, 0.717) is 22.8 Å². The molecule has 3 aromatic rings. The topological polar surface area (TPSA) is 87.7 Å². The number of aromatic amines is 1. The number of aryl methyl sites for hydroxylation is 1. The van der Waals surface area contributed by atoms with Crippen LogP contribution in [0.2, 0.25) is 5.02 Å².